The summed E-state index contributed by atoms with van der Waals surface area (Å²) in [6.45, 7) is 12.6. The Kier molecular flexibility index (Phi) is 15.3. The summed E-state index contributed by atoms with van der Waals surface area (Å²) in [5.41, 5.74) is 4.41. The maximum Gasteiger partial charge on any atom is 0.407 e. The SMILES string of the molecule is CCC1OC(C2C(NC(=O)OC(C)(C)C)CC(NCC(O)CNC(=O)OC(C)(C)C)C(OC3OC(CO)C(O)C(N)C3O)C2O)C(C)C(O)C1O. The third kappa shape index (κ3) is 11.5. The minimum absolute atomic E-state index is 0.0147. The normalized spacial score (nSPS) is 39.9. The minimum Gasteiger partial charge on any atom is -0.444 e. The predicted molar refractivity (Wildman–Crippen MR) is 180 cm³/mol. The monoisotopic (exact) mass is 738 g/mol. The summed E-state index contributed by atoms with van der Waals surface area (Å²) in [4.78, 5) is 25.3. The van der Waals surface area contributed by atoms with Crippen LogP contribution in [0.4, 0.5) is 9.59 Å². The van der Waals surface area contributed by atoms with Crippen molar-refractivity contribution in [3.05, 3.63) is 0 Å². The molecule has 51 heavy (non-hydrogen) atoms. The number of hydrogen-bond donors (Lipinski definition) is 11. The van der Waals surface area contributed by atoms with E-state index in [2.05, 4.69) is 16.0 Å². The molecule has 2 saturated heterocycles. The van der Waals surface area contributed by atoms with Crippen LogP contribution in [0.15, 0.2) is 0 Å². The fraction of sp³-hybridized carbons (Fsp3) is 0.939. The highest BCUT2D eigenvalue weighted by atomic mass is 16.7. The number of carbonyl (C=O) groups is 2. The largest absolute Gasteiger partial charge is 0.444 e. The zero-order valence-corrected chi connectivity index (χ0v) is 30.8. The summed E-state index contributed by atoms with van der Waals surface area (Å²) in [6.07, 6.45) is -15.1. The zero-order valence-electron chi connectivity index (χ0n) is 30.8. The lowest BCUT2D eigenvalue weighted by molar-refractivity contribution is -0.309. The Hall–Kier alpha value is -1.94. The third-order valence-corrected chi connectivity index (χ3v) is 9.43. The Bertz CT molecular complexity index is 1120. The Morgan fingerprint density at radius 1 is 0.843 bits per heavy atom. The van der Waals surface area contributed by atoms with Gasteiger partial charge in [-0.3, -0.25) is 0 Å². The van der Waals surface area contributed by atoms with E-state index in [0.717, 1.165) is 0 Å². The first-order chi connectivity index (χ1) is 23.6. The fourth-order valence-electron chi connectivity index (χ4n) is 6.84. The van der Waals surface area contributed by atoms with Gasteiger partial charge in [0.05, 0.1) is 43.2 Å². The molecule has 0 bridgehead atoms. The Labute approximate surface area is 299 Å². The van der Waals surface area contributed by atoms with E-state index in [1.54, 1.807) is 55.4 Å². The zero-order chi connectivity index (χ0) is 38.6. The van der Waals surface area contributed by atoms with Gasteiger partial charge in [0.25, 0.3) is 0 Å². The predicted octanol–water partition coefficient (Wildman–Crippen LogP) is -2.21. The number of alkyl carbamates (subject to hydrolysis) is 2. The maximum absolute atomic E-state index is 13.2. The van der Waals surface area contributed by atoms with Crippen molar-refractivity contribution < 1.29 is 69.0 Å². The number of nitrogens with two attached hydrogens (primary N) is 1. The first-order valence-corrected chi connectivity index (χ1v) is 17.7. The molecule has 3 rings (SSSR count). The van der Waals surface area contributed by atoms with Gasteiger partial charge in [0.2, 0.25) is 0 Å². The molecule has 16 atom stereocenters. The van der Waals surface area contributed by atoms with Gasteiger partial charge in [0.15, 0.2) is 6.29 Å². The molecule has 2 amide bonds. The third-order valence-electron chi connectivity index (χ3n) is 9.43. The van der Waals surface area contributed by atoms with Gasteiger partial charge in [-0.1, -0.05) is 13.8 Å². The van der Waals surface area contributed by atoms with Gasteiger partial charge < -0.3 is 81.1 Å². The molecule has 12 N–H and O–H groups in total. The van der Waals surface area contributed by atoms with Crippen LogP contribution in [0, 0.1) is 11.8 Å². The van der Waals surface area contributed by atoms with Crippen molar-refractivity contribution in [2.75, 3.05) is 19.7 Å². The van der Waals surface area contributed by atoms with Crippen molar-refractivity contribution in [1.82, 2.24) is 16.0 Å². The molecule has 1 saturated carbocycles. The number of hydrogen-bond acceptors (Lipinski definition) is 16. The maximum atomic E-state index is 13.2. The van der Waals surface area contributed by atoms with Gasteiger partial charge in [-0.2, -0.15) is 0 Å². The quantitative estimate of drug-likeness (QED) is 0.107. The summed E-state index contributed by atoms with van der Waals surface area (Å²) < 4.78 is 29.0. The van der Waals surface area contributed by atoms with Crippen molar-refractivity contribution >= 4 is 12.2 Å². The molecule has 298 valence electrons. The Balaban J connectivity index is 1.97. The molecule has 0 radical (unpaired) electrons. The van der Waals surface area contributed by atoms with E-state index < -0.39 is 127 Å². The topological polar surface area (TPSA) is 284 Å². The van der Waals surface area contributed by atoms with Gasteiger partial charge in [-0.15, -0.1) is 0 Å². The van der Waals surface area contributed by atoms with E-state index in [9.17, 15) is 45.3 Å². The van der Waals surface area contributed by atoms with Crippen LogP contribution in [0.2, 0.25) is 0 Å². The van der Waals surface area contributed by atoms with Crippen LogP contribution in [-0.2, 0) is 23.7 Å². The van der Waals surface area contributed by atoms with Crippen LogP contribution >= 0.6 is 0 Å². The van der Waals surface area contributed by atoms with Gasteiger partial charge >= 0.3 is 12.2 Å². The second-order valence-electron chi connectivity index (χ2n) is 15.9. The first kappa shape index (κ1) is 43.5. The summed E-state index contributed by atoms with van der Waals surface area (Å²) in [5, 5.41) is 84.3. The van der Waals surface area contributed by atoms with Gasteiger partial charge in [-0.25, -0.2) is 9.59 Å². The van der Waals surface area contributed by atoms with Gasteiger partial charge in [-0.05, 0) is 54.4 Å². The number of aliphatic hydroxyl groups is 7. The van der Waals surface area contributed by atoms with Crippen LogP contribution in [0.1, 0.15) is 68.2 Å². The molecular weight excluding hydrogens is 676 g/mol. The highest BCUT2D eigenvalue weighted by Gasteiger charge is 2.56. The van der Waals surface area contributed by atoms with Crippen LogP contribution < -0.4 is 21.7 Å². The highest BCUT2D eigenvalue weighted by molar-refractivity contribution is 5.68. The van der Waals surface area contributed by atoms with Crippen molar-refractivity contribution in [2.45, 2.75) is 165 Å². The summed E-state index contributed by atoms with van der Waals surface area (Å²) in [6, 6.07) is -3.08. The summed E-state index contributed by atoms with van der Waals surface area (Å²) >= 11 is 0. The van der Waals surface area contributed by atoms with Crippen molar-refractivity contribution in [3.8, 4) is 0 Å². The summed E-state index contributed by atoms with van der Waals surface area (Å²) in [7, 11) is 0. The van der Waals surface area contributed by atoms with E-state index in [1.807, 2.05) is 0 Å². The number of nitrogens with one attached hydrogen (secondary N) is 3. The van der Waals surface area contributed by atoms with E-state index in [0.29, 0.717) is 6.42 Å². The smallest absolute Gasteiger partial charge is 0.407 e. The van der Waals surface area contributed by atoms with Crippen LogP contribution in [0.5, 0.6) is 0 Å². The number of ether oxygens (including phenoxy) is 5. The second-order valence-corrected chi connectivity index (χ2v) is 15.9. The molecule has 1 aliphatic carbocycles. The average molecular weight is 739 g/mol. The van der Waals surface area contributed by atoms with Crippen molar-refractivity contribution in [2.24, 2.45) is 17.6 Å². The molecule has 16 unspecified atom stereocenters. The molecule has 18 nitrogen and oxygen atoms in total. The van der Waals surface area contributed by atoms with Gasteiger partial charge in [0, 0.05) is 37.0 Å². The minimum atomic E-state index is -1.60. The van der Waals surface area contributed by atoms with Crippen molar-refractivity contribution in [1.29, 1.82) is 0 Å². The van der Waals surface area contributed by atoms with Crippen LogP contribution in [0.3, 0.4) is 0 Å². The second kappa shape index (κ2) is 17.9. The molecule has 0 aromatic carbocycles. The first-order valence-electron chi connectivity index (χ1n) is 17.7. The standard InChI is InChI=1S/C33H62N4O14/c1-9-18-24(42)22(40)14(2)27(47-18)20-16(37-31(46)51-33(6,7)8)10-17(35-11-15(39)12-36-30(45)50-32(3,4)5)28(25(20)43)49-29-26(44)21(34)23(41)19(13-38)48-29/h14-29,35,38-44H,9-13,34H2,1-8H3,(H,36,45)(H,37,46). The lowest BCUT2D eigenvalue weighted by Gasteiger charge is -2.53. The van der Waals surface area contributed by atoms with Crippen LogP contribution in [0.25, 0.3) is 0 Å². The molecule has 3 fully saturated rings. The van der Waals surface area contributed by atoms with E-state index in [1.165, 1.54) is 0 Å². The fourth-order valence-corrected chi connectivity index (χ4v) is 6.84. The van der Waals surface area contributed by atoms with E-state index >= 15 is 0 Å². The number of amides is 2. The Morgan fingerprint density at radius 3 is 2.02 bits per heavy atom. The molecule has 0 spiro atoms. The average Bonchev–Trinajstić information content (AvgIpc) is 3.02. The highest BCUT2D eigenvalue weighted by Crippen LogP contribution is 2.40. The summed E-state index contributed by atoms with van der Waals surface area (Å²) in [5.74, 6) is -1.74. The molecule has 0 aromatic heterocycles. The molecule has 2 heterocycles. The number of aliphatic hydroxyl groups excluding tert-OH is 7. The lowest BCUT2D eigenvalue weighted by Crippen LogP contribution is -2.70. The molecular formula is C33H62N4O14. The molecule has 0 aromatic rings. The molecule has 18 heteroatoms. The van der Waals surface area contributed by atoms with Gasteiger partial charge in [0.1, 0.15) is 41.7 Å². The van der Waals surface area contributed by atoms with E-state index in [-0.39, 0.29) is 19.5 Å². The van der Waals surface area contributed by atoms with Crippen molar-refractivity contribution in [3.63, 3.8) is 0 Å². The number of rotatable bonds is 11. The Morgan fingerprint density at radius 2 is 1.45 bits per heavy atom. The van der Waals surface area contributed by atoms with E-state index in [4.69, 9.17) is 29.4 Å². The lowest BCUT2D eigenvalue weighted by atomic mass is 9.69. The van der Waals surface area contributed by atoms with Crippen LogP contribution in [-0.4, -0.2) is 164 Å². The molecule has 2 aliphatic heterocycles. The molecule has 3 aliphatic rings. The number of carbonyl (C=O) groups excluding carboxylic acids is 2.